The predicted molar refractivity (Wildman–Crippen MR) is 145 cm³/mol. The normalized spacial score (nSPS) is 9.36. The molecular weight excluding hydrogens is 480 g/mol. The fraction of sp³-hybridized carbons (Fsp3) is 0.207. The Morgan fingerprint density at radius 1 is 0.806 bits per heavy atom. The molecule has 0 atom stereocenters. The number of carboxylic acids is 1. The van der Waals surface area contributed by atoms with Crippen LogP contribution in [-0.4, -0.2) is 25.3 Å². The molecule has 0 saturated carbocycles. The number of methoxy groups -OCH3 is 2. The molecule has 0 aromatic heterocycles. The minimum atomic E-state index is -1.14. The zero-order valence-corrected chi connectivity index (χ0v) is 21.9. The quantitative estimate of drug-likeness (QED) is 0.282. The van der Waals surface area contributed by atoms with Gasteiger partial charge in [0.2, 0.25) is 0 Å². The van der Waals surface area contributed by atoms with Crippen molar-refractivity contribution in [2.75, 3.05) is 14.2 Å². The van der Waals surface area contributed by atoms with Gasteiger partial charge in [-0.2, -0.15) is 0 Å². The van der Waals surface area contributed by atoms with Crippen molar-refractivity contribution in [2.24, 2.45) is 0 Å². The van der Waals surface area contributed by atoms with Crippen LogP contribution < -0.4 is 18.9 Å². The number of allylic oxidation sites excluding steroid dienone is 2. The van der Waals surface area contributed by atoms with Crippen molar-refractivity contribution in [3.8, 4) is 23.0 Å². The van der Waals surface area contributed by atoms with Crippen LogP contribution in [0.5, 0.6) is 23.0 Å². The first-order valence-electron chi connectivity index (χ1n) is 11.2. The number of carboxylic acid groups (broad SMARTS) is 1. The van der Waals surface area contributed by atoms with Gasteiger partial charge in [0.25, 0.3) is 0 Å². The lowest BCUT2D eigenvalue weighted by atomic mass is 10.2. The van der Waals surface area contributed by atoms with E-state index >= 15 is 0 Å². The Morgan fingerprint density at radius 2 is 1.25 bits per heavy atom. The Hall–Kier alpha value is -3.90. The van der Waals surface area contributed by atoms with Crippen LogP contribution in [0.2, 0.25) is 5.02 Å². The summed E-state index contributed by atoms with van der Waals surface area (Å²) in [5.74, 6) is 0.871. The number of rotatable bonds is 10. The fourth-order valence-electron chi connectivity index (χ4n) is 2.71. The monoisotopic (exact) mass is 512 g/mol. The van der Waals surface area contributed by atoms with E-state index < -0.39 is 5.97 Å². The van der Waals surface area contributed by atoms with Crippen molar-refractivity contribution < 1.29 is 28.8 Å². The summed E-state index contributed by atoms with van der Waals surface area (Å²) in [7, 11) is 3.19. The average molecular weight is 513 g/mol. The van der Waals surface area contributed by atoms with Crippen LogP contribution in [0.1, 0.15) is 35.3 Å². The third kappa shape index (κ3) is 9.39. The second-order valence-corrected chi connectivity index (χ2v) is 7.18. The number of hydrogen-bond acceptors (Lipinski definition) is 5. The zero-order valence-electron chi connectivity index (χ0n) is 21.1. The Labute approximate surface area is 218 Å². The maximum atomic E-state index is 11.5. The third-order valence-corrected chi connectivity index (χ3v) is 4.93. The first-order chi connectivity index (χ1) is 17.4. The average Bonchev–Trinajstić information content (AvgIpc) is 2.93. The van der Waals surface area contributed by atoms with Gasteiger partial charge < -0.3 is 24.1 Å². The Bertz CT molecular complexity index is 1090. The van der Waals surface area contributed by atoms with E-state index in [0.29, 0.717) is 5.75 Å². The van der Waals surface area contributed by atoms with Crippen LogP contribution in [0.4, 0.5) is 0 Å². The summed E-state index contributed by atoms with van der Waals surface area (Å²) in [6, 6.07) is 17.7. The van der Waals surface area contributed by atoms with Gasteiger partial charge in [-0.3, -0.25) is 0 Å². The van der Waals surface area contributed by atoms with E-state index in [2.05, 4.69) is 13.2 Å². The highest BCUT2D eigenvalue weighted by Crippen LogP contribution is 2.39. The zero-order chi connectivity index (χ0) is 26.9. The van der Waals surface area contributed by atoms with Gasteiger partial charge in [-0.1, -0.05) is 75.0 Å². The van der Waals surface area contributed by atoms with Gasteiger partial charge in [-0.05, 0) is 47.5 Å². The van der Waals surface area contributed by atoms with E-state index in [1.807, 2.05) is 62.4 Å². The van der Waals surface area contributed by atoms with Crippen molar-refractivity contribution in [3.63, 3.8) is 0 Å². The first-order valence-corrected chi connectivity index (χ1v) is 11.6. The molecule has 0 unspecified atom stereocenters. The Balaban J connectivity index is 0.000000982. The largest absolute Gasteiger partial charge is 0.497 e. The molecule has 0 heterocycles. The molecule has 0 radical (unpaired) electrons. The highest BCUT2D eigenvalue weighted by atomic mass is 35.5. The van der Waals surface area contributed by atoms with Gasteiger partial charge in [0, 0.05) is 0 Å². The molecule has 3 aromatic rings. The number of aromatic carboxylic acids is 1. The molecule has 6 nitrogen and oxygen atoms in total. The van der Waals surface area contributed by atoms with Crippen LogP contribution in [0.3, 0.4) is 0 Å². The van der Waals surface area contributed by atoms with E-state index in [-0.39, 0.29) is 29.5 Å². The van der Waals surface area contributed by atoms with Gasteiger partial charge in [-0.15, -0.1) is 0 Å². The minimum absolute atomic E-state index is 0.0109. The lowest BCUT2D eigenvalue weighted by Gasteiger charge is -2.16. The van der Waals surface area contributed by atoms with E-state index in [4.69, 9.17) is 30.5 Å². The van der Waals surface area contributed by atoms with Crippen LogP contribution in [-0.2, 0) is 13.2 Å². The third-order valence-electron chi connectivity index (χ3n) is 4.55. The van der Waals surface area contributed by atoms with Crippen molar-refractivity contribution >= 4 is 17.6 Å². The second-order valence-electron chi connectivity index (χ2n) is 6.80. The highest BCUT2D eigenvalue weighted by molar-refractivity contribution is 6.35. The first kappa shape index (κ1) is 30.1. The SMILES string of the molecule is C=CC=C.CC.COc1ccc(COc2ccc(C(=O)O)c(Cl)c2OCc2ccc(OC)cc2)cc1. The molecule has 0 fully saturated rings. The number of halogens is 1. The van der Waals surface area contributed by atoms with Crippen LogP contribution in [0.15, 0.2) is 86.0 Å². The molecule has 0 aliphatic rings. The molecule has 0 aliphatic carbocycles. The molecule has 0 bridgehead atoms. The summed E-state index contributed by atoms with van der Waals surface area (Å²) < 4.78 is 22.0. The van der Waals surface area contributed by atoms with Gasteiger partial charge >= 0.3 is 5.97 Å². The van der Waals surface area contributed by atoms with Gasteiger partial charge in [0.05, 0.1) is 19.8 Å². The Morgan fingerprint density at radius 3 is 1.64 bits per heavy atom. The van der Waals surface area contributed by atoms with Crippen LogP contribution >= 0.6 is 11.6 Å². The van der Waals surface area contributed by atoms with E-state index in [1.54, 1.807) is 32.4 Å². The molecule has 0 saturated heterocycles. The second kappa shape index (κ2) is 16.7. The standard InChI is InChI=1S/C23H21ClO6.C4H6.C2H6/c1-27-17-7-3-15(4-8-17)13-29-20-12-11-19(23(25)26)21(24)22(20)30-14-16-5-9-18(28-2)10-6-16;1-3-4-2;1-2/h3-12H,13-14H2,1-2H3,(H,25,26);3-4H,1-2H2;1-2H3. The molecule has 0 aliphatic heterocycles. The smallest absolute Gasteiger partial charge is 0.337 e. The van der Waals surface area contributed by atoms with Gasteiger partial charge in [-0.25, -0.2) is 4.79 Å². The molecule has 3 rings (SSSR count). The van der Waals surface area contributed by atoms with E-state index in [9.17, 15) is 9.90 Å². The van der Waals surface area contributed by atoms with Crippen LogP contribution in [0.25, 0.3) is 0 Å². The van der Waals surface area contributed by atoms with Crippen molar-refractivity contribution in [2.45, 2.75) is 27.1 Å². The summed E-state index contributed by atoms with van der Waals surface area (Å²) in [5.41, 5.74) is 1.72. The van der Waals surface area contributed by atoms with Crippen molar-refractivity contribution in [1.29, 1.82) is 0 Å². The van der Waals surface area contributed by atoms with Crippen molar-refractivity contribution in [3.05, 3.63) is 108 Å². The maximum absolute atomic E-state index is 11.5. The lowest BCUT2D eigenvalue weighted by molar-refractivity contribution is 0.0696. The number of benzene rings is 3. The fourth-order valence-corrected chi connectivity index (χ4v) is 3.00. The Kier molecular flexibility index (Phi) is 14.0. The molecule has 192 valence electrons. The number of ether oxygens (including phenoxy) is 4. The van der Waals surface area contributed by atoms with Crippen LogP contribution in [0, 0.1) is 0 Å². The number of carbonyl (C=O) groups is 1. The summed E-state index contributed by atoms with van der Waals surface area (Å²) in [6.07, 6.45) is 3.28. The van der Waals surface area contributed by atoms with Gasteiger partial charge in [0.15, 0.2) is 11.5 Å². The molecule has 0 amide bonds. The van der Waals surface area contributed by atoms with E-state index in [1.165, 1.54) is 6.07 Å². The number of hydrogen-bond donors (Lipinski definition) is 1. The predicted octanol–water partition coefficient (Wildman–Crippen LogP) is 7.60. The summed E-state index contributed by atoms with van der Waals surface area (Å²) in [4.78, 5) is 11.5. The summed E-state index contributed by atoms with van der Waals surface area (Å²) in [6.45, 7) is 11.2. The topological polar surface area (TPSA) is 74.2 Å². The maximum Gasteiger partial charge on any atom is 0.337 e. The van der Waals surface area contributed by atoms with E-state index in [0.717, 1.165) is 22.6 Å². The minimum Gasteiger partial charge on any atom is -0.497 e. The molecule has 7 heteroatoms. The highest BCUT2D eigenvalue weighted by Gasteiger charge is 2.19. The molecule has 36 heavy (non-hydrogen) atoms. The molecule has 3 aromatic carbocycles. The summed E-state index contributed by atoms with van der Waals surface area (Å²) >= 11 is 6.32. The lowest BCUT2D eigenvalue weighted by Crippen LogP contribution is -2.05. The van der Waals surface area contributed by atoms with Gasteiger partial charge in [0.1, 0.15) is 29.7 Å². The molecular formula is C29H33ClO6. The molecule has 1 N–H and O–H groups in total. The van der Waals surface area contributed by atoms with Crippen molar-refractivity contribution in [1.82, 2.24) is 0 Å². The summed E-state index contributed by atoms with van der Waals surface area (Å²) in [5, 5.41) is 9.36. The molecule has 0 spiro atoms.